The lowest BCUT2D eigenvalue weighted by atomic mass is 10.1. The molecule has 34 heavy (non-hydrogen) atoms. The standard InChI is InChI=1S/C23H27ClF3N3O4/c1-14-11-18(24)28-13-17(14)30-19(31)9-6-10-33-20-15(7-5-8-16(20)23(25,26)27)12-29-21(32)34-22(2,3)4/h5,7-8,11,13H,6,9-10,12H2,1-4H3,(H,29,32)(H,30,31). The molecule has 1 aromatic heterocycles. The molecule has 7 nitrogen and oxygen atoms in total. The van der Waals surface area contributed by atoms with Gasteiger partial charge < -0.3 is 20.1 Å². The molecular formula is C23H27ClF3N3O4. The summed E-state index contributed by atoms with van der Waals surface area (Å²) >= 11 is 5.79. The number of para-hydroxylation sites is 1. The fraction of sp³-hybridized carbons (Fsp3) is 0.435. The highest BCUT2D eigenvalue weighted by molar-refractivity contribution is 6.29. The molecule has 0 atom stereocenters. The highest BCUT2D eigenvalue weighted by Gasteiger charge is 2.35. The molecule has 186 valence electrons. The number of amides is 2. The summed E-state index contributed by atoms with van der Waals surface area (Å²) in [5.74, 6) is -0.740. The molecule has 1 aromatic carbocycles. The molecule has 0 aliphatic carbocycles. The number of pyridine rings is 1. The van der Waals surface area contributed by atoms with Gasteiger partial charge in [-0.05, 0) is 51.8 Å². The van der Waals surface area contributed by atoms with Gasteiger partial charge in [0.15, 0.2) is 0 Å². The van der Waals surface area contributed by atoms with Crippen LogP contribution in [0, 0.1) is 6.92 Å². The van der Waals surface area contributed by atoms with Crippen molar-refractivity contribution in [3.05, 3.63) is 52.3 Å². The van der Waals surface area contributed by atoms with E-state index in [9.17, 15) is 22.8 Å². The number of alkyl carbamates (subject to hydrolysis) is 1. The van der Waals surface area contributed by atoms with Gasteiger partial charge in [-0.15, -0.1) is 0 Å². The number of nitrogens with one attached hydrogen (secondary N) is 2. The van der Waals surface area contributed by atoms with Crippen LogP contribution in [0.2, 0.25) is 5.15 Å². The minimum Gasteiger partial charge on any atom is -0.493 e. The van der Waals surface area contributed by atoms with Gasteiger partial charge in [0, 0.05) is 18.5 Å². The summed E-state index contributed by atoms with van der Waals surface area (Å²) < 4.78 is 51.1. The second-order valence-electron chi connectivity index (χ2n) is 8.47. The van der Waals surface area contributed by atoms with Crippen LogP contribution < -0.4 is 15.4 Å². The molecule has 0 saturated carbocycles. The largest absolute Gasteiger partial charge is 0.493 e. The lowest BCUT2D eigenvalue weighted by Gasteiger charge is -2.21. The monoisotopic (exact) mass is 501 g/mol. The van der Waals surface area contributed by atoms with E-state index in [4.69, 9.17) is 21.1 Å². The Labute approximate surface area is 201 Å². The number of anilines is 1. The molecule has 2 rings (SSSR count). The number of hydrogen-bond acceptors (Lipinski definition) is 5. The summed E-state index contributed by atoms with van der Waals surface area (Å²) in [5, 5.41) is 5.40. The van der Waals surface area contributed by atoms with Gasteiger partial charge in [-0.1, -0.05) is 23.7 Å². The zero-order valence-corrected chi connectivity index (χ0v) is 20.1. The number of benzene rings is 1. The highest BCUT2D eigenvalue weighted by Crippen LogP contribution is 2.38. The quantitative estimate of drug-likeness (QED) is 0.348. The smallest absolute Gasteiger partial charge is 0.419 e. The normalized spacial score (nSPS) is 11.6. The van der Waals surface area contributed by atoms with Crippen LogP contribution in [0.1, 0.15) is 50.3 Å². The van der Waals surface area contributed by atoms with Crippen molar-refractivity contribution in [3.63, 3.8) is 0 Å². The number of carbonyl (C=O) groups excluding carboxylic acids is 2. The number of ether oxygens (including phenoxy) is 2. The van der Waals surface area contributed by atoms with Crippen LogP contribution in [0.25, 0.3) is 0 Å². The van der Waals surface area contributed by atoms with Crippen molar-refractivity contribution in [2.24, 2.45) is 0 Å². The Bertz CT molecular complexity index is 1020. The van der Waals surface area contributed by atoms with Crippen molar-refractivity contribution in [2.75, 3.05) is 11.9 Å². The molecule has 0 aliphatic heterocycles. The van der Waals surface area contributed by atoms with E-state index in [2.05, 4.69) is 15.6 Å². The minimum atomic E-state index is -4.66. The van der Waals surface area contributed by atoms with Gasteiger partial charge >= 0.3 is 12.3 Å². The van der Waals surface area contributed by atoms with Crippen LogP contribution in [0.3, 0.4) is 0 Å². The van der Waals surface area contributed by atoms with E-state index < -0.39 is 29.2 Å². The number of hydrogen-bond donors (Lipinski definition) is 2. The summed E-state index contributed by atoms with van der Waals surface area (Å²) in [6.07, 6.45) is -3.82. The third-order valence-electron chi connectivity index (χ3n) is 4.37. The van der Waals surface area contributed by atoms with Gasteiger partial charge in [0.1, 0.15) is 16.5 Å². The number of aryl methyl sites for hydroxylation is 1. The number of carbonyl (C=O) groups is 2. The van der Waals surface area contributed by atoms with Crippen LogP contribution in [0.5, 0.6) is 5.75 Å². The Morgan fingerprint density at radius 1 is 1.18 bits per heavy atom. The van der Waals surface area contributed by atoms with Crippen molar-refractivity contribution in [2.45, 2.75) is 58.9 Å². The summed E-state index contributed by atoms with van der Waals surface area (Å²) in [4.78, 5) is 28.0. The average Bonchev–Trinajstić information content (AvgIpc) is 2.70. The zero-order chi connectivity index (χ0) is 25.5. The molecule has 11 heteroatoms. The Kier molecular flexibility index (Phi) is 9.14. The Hall–Kier alpha value is -3.01. The summed E-state index contributed by atoms with van der Waals surface area (Å²) in [7, 11) is 0. The third kappa shape index (κ3) is 8.74. The van der Waals surface area contributed by atoms with E-state index in [-0.39, 0.29) is 37.5 Å². The van der Waals surface area contributed by atoms with Crippen LogP contribution in [-0.4, -0.2) is 29.2 Å². The van der Waals surface area contributed by atoms with Gasteiger partial charge in [-0.3, -0.25) is 4.79 Å². The predicted octanol–water partition coefficient (Wildman–Crippen LogP) is 5.88. The van der Waals surface area contributed by atoms with Gasteiger partial charge in [0.2, 0.25) is 5.91 Å². The first kappa shape index (κ1) is 27.2. The maximum absolute atomic E-state index is 13.5. The Morgan fingerprint density at radius 3 is 2.50 bits per heavy atom. The molecule has 0 aliphatic rings. The molecule has 2 N–H and O–H groups in total. The molecule has 1 heterocycles. The average molecular weight is 502 g/mol. The number of halogens is 4. The SMILES string of the molecule is Cc1cc(Cl)ncc1NC(=O)CCCOc1c(CNC(=O)OC(C)(C)C)cccc1C(F)(F)F. The lowest BCUT2D eigenvalue weighted by molar-refractivity contribution is -0.139. The summed E-state index contributed by atoms with van der Waals surface area (Å²) in [6, 6.07) is 5.15. The third-order valence-corrected chi connectivity index (χ3v) is 4.58. The van der Waals surface area contributed by atoms with Crippen molar-refractivity contribution in [3.8, 4) is 5.75 Å². The van der Waals surface area contributed by atoms with Gasteiger partial charge in [0.05, 0.1) is 24.1 Å². The van der Waals surface area contributed by atoms with E-state index in [0.29, 0.717) is 10.8 Å². The van der Waals surface area contributed by atoms with E-state index in [0.717, 1.165) is 11.6 Å². The van der Waals surface area contributed by atoms with Gasteiger partial charge in [-0.25, -0.2) is 9.78 Å². The van der Waals surface area contributed by atoms with Crippen molar-refractivity contribution < 1.29 is 32.2 Å². The van der Waals surface area contributed by atoms with Crippen molar-refractivity contribution >= 4 is 29.3 Å². The first-order valence-electron chi connectivity index (χ1n) is 10.5. The number of nitrogens with zero attached hydrogens (tertiary/aromatic N) is 1. The van der Waals surface area contributed by atoms with Crippen molar-refractivity contribution in [1.82, 2.24) is 10.3 Å². The first-order valence-corrected chi connectivity index (χ1v) is 10.8. The highest BCUT2D eigenvalue weighted by atomic mass is 35.5. The van der Waals surface area contributed by atoms with E-state index >= 15 is 0 Å². The second kappa shape index (κ2) is 11.4. The lowest BCUT2D eigenvalue weighted by Crippen LogP contribution is -2.32. The van der Waals surface area contributed by atoms with Crippen LogP contribution in [0.4, 0.5) is 23.7 Å². The maximum Gasteiger partial charge on any atom is 0.419 e. The van der Waals surface area contributed by atoms with Gasteiger partial charge in [-0.2, -0.15) is 13.2 Å². The molecule has 0 radical (unpaired) electrons. The fourth-order valence-electron chi connectivity index (χ4n) is 2.87. The predicted molar refractivity (Wildman–Crippen MR) is 122 cm³/mol. The molecule has 0 unspecified atom stereocenters. The minimum absolute atomic E-state index is 0.0156. The number of rotatable bonds is 8. The van der Waals surface area contributed by atoms with Crippen LogP contribution >= 0.6 is 11.6 Å². The molecule has 2 amide bonds. The van der Waals surface area contributed by atoms with Crippen LogP contribution in [0.15, 0.2) is 30.5 Å². The van der Waals surface area contributed by atoms with Crippen LogP contribution in [-0.2, 0) is 22.3 Å². The Balaban J connectivity index is 2.01. The molecule has 0 fully saturated rings. The molecular weight excluding hydrogens is 475 g/mol. The van der Waals surface area contributed by atoms with E-state index in [1.165, 1.54) is 18.3 Å². The number of alkyl halides is 3. The Morgan fingerprint density at radius 2 is 1.88 bits per heavy atom. The molecule has 0 bridgehead atoms. The molecule has 0 spiro atoms. The van der Waals surface area contributed by atoms with E-state index in [1.807, 2.05) is 0 Å². The number of aromatic nitrogens is 1. The summed E-state index contributed by atoms with van der Waals surface area (Å²) in [6.45, 7) is 6.41. The summed E-state index contributed by atoms with van der Waals surface area (Å²) in [5.41, 5.74) is -0.367. The van der Waals surface area contributed by atoms with Crippen molar-refractivity contribution in [1.29, 1.82) is 0 Å². The van der Waals surface area contributed by atoms with E-state index in [1.54, 1.807) is 33.8 Å². The second-order valence-corrected chi connectivity index (χ2v) is 8.86. The molecule has 2 aromatic rings. The van der Waals surface area contributed by atoms with Gasteiger partial charge in [0.25, 0.3) is 0 Å². The topological polar surface area (TPSA) is 89.5 Å². The zero-order valence-electron chi connectivity index (χ0n) is 19.3. The first-order chi connectivity index (χ1) is 15.8. The molecule has 0 saturated heterocycles. The fourth-order valence-corrected chi connectivity index (χ4v) is 3.08. The maximum atomic E-state index is 13.5.